The van der Waals surface area contributed by atoms with Crippen LogP contribution < -0.4 is 16.4 Å². The molecule has 8 nitrogen and oxygen atoms in total. The fraction of sp³-hybridized carbons (Fsp3) is 0.375. The first-order valence-corrected chi connectivity index (χ1v) is 8.89. The Balaban J connectivity index is 1.77. The second-order valence-corrected chi connectivity index (χ2v) is 6.37. The van der Waals surface area contributed by atoms with E-state index in [1.807, 2.05) is 18.2 Å². The molecule has 132 valence electrons. The van der Waals surface area contributed by atoms with Crippen LogP contribution in [-0.4, -0.2) is 40.1 Å². The van der Waals surface area contributed by atoms with Gasteiger partial charge >= 0.3 is 0 Å². The number of hydrogen-bond acceptors (Lipinski definition) is 9. The molecule has 0 saturated carbocycles. The summed E-state index contributed by atoms with van der Waals surface area (Å²) in [7, 11) is 1.64. The first kappa shape index (κ1) is 17.5. The third-order valence-corrected chi connectivity index (χ3v) is 4.28. The van der Waals surface area contributed by atoms with Crippen LogP contribution in [0.25, 0.3) is 10.3 Å². The lowest BCUT2D eigenvalue weighted by molar-refractivity contribution is 0.181. The molecule has 3 heterocycles. The van der Waals surface area contributed by atoms with Crippen molar-refractivity contribution in [2.75, 3.05) is 30.8 Å². The van der Waals surface area contributed by atoms with Gasteiger partial charge in [-0.25, -0.2) is 15.0 Å². The molecule has 0 aromatic carbocycles. The second-order valence-electron chi connectivity index (χ2n) is 5.40. The van der Waals surface area contributed by atoms with Crippen LogP contribution in [0.5, 0.6) is 0 Å². The minimum Gasteiger partial charge on any atom is -0.378 e. The van der Waals surface area contributed by atoms with Crippen molar-refractivity contribution in [2.45, 2.75) is 19.4 Å². The van der Waals surface area contributed by atoms with Crippen molar-refractivity contribution in [3.8, 4) is 0 Å². The molecule has 0 unspecified atom stereocenters. The Hall–Kier alpha value is -2.36. The van der Waals surface area contributed by atoms with Crippen molar-refractivity contribution in [3.05, 3.63) is 30.1 Å². The molecule has 0 aliphatic heterocycles. The van der Waals surface area contributed by atoms with Crippen molar-refractivity contribution in [3.63, 3.8) is 0 Å². The number of thiazole rings is 1. The van der Waals surface area contributed by atoms with Crippen LogP contribution >= 0.6 is 11.3 Å². The van der Waals surface area contributed by atoms with Gasteiger partial charge in [-0.05, 0) is 31.5 Å². The molecule has 0 atom stereocenters. The summed E-state index contributed by atoms with van der Waals surface area (Å²) in [5.74, 6) is 1.23. The normalized spacial score (nSPS) is 11.0. The van der Waals surface area contributed by atoms with Crippen LogP contribution in [0, 0.1) is 0 Å². The molecule has 25 heavy (non-hydrogen) atoms. The molecule has 9 heteroatoms. The summed E-state index contributed by atoms with van der Waals surface area (Å²) < 4.78 is 5.19. The number of fused-ring (bicyclic) bond motifs is 1. The predicted octanol–water partition coefficient (Wildman–Crippen LogP) is 2.52. The molecule has 0 fully saturated rings. The van der Waals surface area contributed by atoms with Crippen LogP contribution in [0.3, 0.4) is 0 Å². The number of unbranched alkanes of at least 4 members (excludes halogenated alkanes) is 1. The molecule has 3 rings (SSSR count). The largest absolute Gasteiger partial charge is 0.378 e. The quantitative estimate of drug-likeness (QED) is 0.500. The number of rotatable bonds is 9. The lowest BCUT2D eigenvalue weighted by atomic mass is 10.3. The van der Waals surface area contributed by atoms with E-state index in [4.69, 9.17) is 10.5 Å². The van der Waals surface area contributed by atoms with E-state index in [9.17, 15) is 0 Å². The van der Waals surface area contributed by atoms with Gasteiger partial charge in [-0.3, -0.25) is 0 Å². The zero-order valence-corrected chi connectivity index (χ0v) is 14.8. The Morgan fingerprint density at radius 1 is 1.24 bits per heavy atom. The average Bonchev–Trinajstić information content (AvgIpc) is 3.01. The van der Waals surface area contributed by atoms with Crippen LogP contribution in [-0.2, 0) is 11.3 Å². The van der Waals surface area contributed by atoms with Gasteiger partial charge in [0.15, 0.2) is 5.13 Å². The zero-order valence-electron chi connectivity index (χ0n) is 14.0. The monoisotopic (exact) mass is 359 g/mol. The van der Waals surface area contributed by atoms with E-state index >= 15 is 0 Å². The summed E-state index contributed by atoms with van der Waals surface area (Å²) in [5.41, 5.74) is 7.17. The highest BCUT2D eigenvalue weighted by molar-refractivity contribution is 7.21. The maximum atomic E-state index is 5.52. The maximum Gasteiger partial charge on any atom is 0.224 e. The predicted molar refractivity (Wildman–Crippen MR) is 100 cm³/mol. The molecular weight excluding hydrogens is 338 g/mol. The van der Waals surface area contributed by atoms with Crippen LogP contribution in [0.4, 0.5) is 16.9 Å². The minimum absolute atomic E-state index is 0.413. The van der Waals surface area contributed by atoms with E-state index in [1.165, 1.54) is 11.3 Å². The number of nitrogens with two attached hydrogens (primary N) is 1. The maximum absolute atomic E-state index is 5.52. The van der Waals surface area contributed by atoms with E-state index < -0.39 is 0 Å². The number of pyridine rings is 1. The number of ether oxygens (including phenoxy) is 1. The second kappa shape index (κ2) is 8.65. The van der Waals surface area contributed by atoms with Crippen LogP contribution in [0.15, 0.2) is 24.4 Å². The Bertz CT molecular complexity index is 790. The number of aromatic nitrogens is 4. The topological polar surface area (TPSA) is 111 Å². The highest BCUT2D eigenvalue weighted by Gasteiger charge is 2.08. The smallest absolute Gasteiger partial charge is 0.224 e. The first-order chi connectivity index (χ1) is 12.3. The molecule has 0 spiro atoms. The summed E-state index contributed by atoms with van der Waals surface area (Å²) in [6, 6.07) is 5.66. The fourth-order valence-electron chi connectivity index (χ4n) is 2.26. The molecule has 0 radical (unpaired) electrons. The van der Waals surface area contributed by atoms with Gasteiger partial charge in [0.2, 0.25) is 5.95 Å². The van der Waals surface area contributed by atoms with E-state index in [2.05, 4.69) is 30.6 Å². The summed E-state index contributed by atoms with van der Waals surface area (Å²) in [6.07, 6.45) is 3.70. The standard InChI is InChI=1S/C16H21N7OS/c1-24-10-11-9-13(22-15(20-11)19-7-3-2-6-17)23-16-21-12-5-4-8-18-14(12)25-16/h4-5,8-9H,2-3,6-7,10,17H2,1H3,(H2,19,20,21,22,23). The molecule has 0 aliphatic rings. The van der Waals surface area contributed by atoms with Gasteiger partial charge in [0.1, 0.15) is 16.2 Å². The number of hydrogen-bond donors (Lipinski definition) is 3. The van der Waals surface area contributed by atoms with Crippen molar-refractivity contribution >= 4 is 38.6 Å². The van der Waals surface area contributed by atoms with E-state index in [1.54, 1.807) is 13.3 Å². The van der Waals surface area contributed by atoms with Crippen LogP contribution in [0.2, 0.25) is 0 Å². The number of nitrogens with zero attached hydrogens (tertiary/aromatic N) is 4. The van der Waals surface area contributed by atoms with E-state index in [0.717, 1.165) is 40.6 Å². The van der Waals surface area contributed by atoms with Gasteiger partial charge in [0.05, 0.1) is 12.3 Å². The van der Waals surface area contributed by atoms with Crippen molar-refractivity contribution in [1.29, 1.82) is 0 Å². The summed E-state index contributed by atoms with van der Waals surface area (Å²) >= 11 is 1.48. The third-order valence-electron chi connectivity index (χ3n) is 3.39. The molecule has 0 bridgehead atoms. The molecule has 0 saturated heterocycles. The molecule has 3 aromatic rings. The lowest BCUT2D eigenvalue weighted by Gasteiger charge is -2.09. The van der Waals surface area contributed by atoms with Gasteiger partial charge in [-0.2, -0.15) is 4.98 Å². The van der Waals surface area contributed by atoms with Gasteiger partial charge in [-0.1, -0.05) is 11.3 Å². The Morgan fingerprint density at radius 3 is 2.96 bits per heavy atom. The van der Waals surface area contributed by atoms with Gasteiger partial charge in [0, 0.05) is 25.9 Å². The van der Waals surface area contributed by atoms with Crippen molar-refractivity contribution < 1.29 is 4.74 Å². The van der Waals surface area contributed by atoms with Crippen molar-refractivity contribution in [2.24, 2.45) is 5.73 Å². The zero-order chi connectivity index (χ0) is 17.5. The summed E-state index contributed by atoms with van der Waals surface area (Å²) in [5, 5.41) is 7.20. The Morgan fingerprint density at radius 2 is 2.16 bits per heavy atom. The average molecular weight is 359 g/mol. The number of anilines is 3. The SMILES string of the molecule is COCc1cc(Nc2nc3cccnc3s2)nc(NCCCCN)n1. The summed E-state index contributed by atoms with van der Waals surface area (Å²) in [4.78, 5) is 18.7. The molecule has 3 aromatic heterocycles. The molecule has 4 N–H and O–H groups in total. The number of nitrogens with one attached hydrogen (secondary N) is 2. The van der Waals surface area contributed by atoms with Crippen molar-refractivity contribution in [1.82, 2.24) is 19.9 Å². The fourth-order valence-corrected chi connectivity index (χ4v) is 3.08. The van der Waals surface area contributed by atoms with Gasteiger partial charge < -0.3 is 21.1 Å². The highest BCUT2D eigenvalue weighted by Crippen LogP contribution is 2.26. The summed E-state index contributed by atoms with van der Waals surface area (Å²) in [6.45, 7) is 1.87. The first-order valence-electron chi connectivity index (χ1n) is 8.08. The van der Waals surface area contributed by atoms with E-state index in [-0.39, 0.29) is 0 Å². The Labute approximate surface area is 149 Å². The van der Waals surface area contributed by atoms with E-state index in [0.29, 0.717) is 24.9 Å². The lowest BCUT2D eigenvalue weighted by Crippen LogP contribution is -2.10. The molecular formula is C16H21N7OS. The minimum atomic E-state index is 0.413. The Kier molecular flexibility index (Phi) is 6.04. The van der Waals surface area contributed by atoms with Crippen LogP contribution in [0.1, 0.15) is 18.5 Å². The number of methoxy groups -OCH3 is 1. The molecule has 0 aliphatic carbocycles. The third kappa shape index (κ3) is 4.81. The molecule has 0 amide bonds. The van der Waals surface area contributed by atoms with Gasteiger partial charge in [-0.15, -0.1) is 0 Å². The van der Waals surface area contributed by atoms with Gasteiger partial charge in [0.25, 0.3) is 0 Å². The highest BCUT2D eigenvalue weighted by atomic mass is 32.1.